The largest absolute Gasteiger partial charge is 0.463 e. The first kappa shape index (κ1) is 10.9. The number of nitriles is 1. The smallest absolute Gasteiger partial charge is 0.374 e. The quantitative estimate of drug-likeness (QED) is 0.718. The zero-order valence-electron chi connectivity index (χ0n) is 8.95. The van der Waals surface area contributed by atoms with Gasteiger partial charge in [0, 0.05) is 5.56 Å². The van der Waals surface area contributed by atoms with Crippen LogP contribution in [-0.2, 0) is 11.3 Å². The summed E-state index contributed by atoms with van der Waals surface area (Å²) >= 11 is 0. The number of carbonyl (C=O) groups excluding carboxylic acids is 1. The average Bonchev–Trinajstić information content (AvgIpc) is 2.97. The lowest BCUT2D eigenvalue weighted by Gasteiger charge is -2.00. The van der Waals surface area contributed by atoms with Crippen molar-refractivity contribution in [2.75, 3.05) is 7.11 Å². The number of hydrogen-bond donors (Lipinski definition) is 0. The van der Waals surface area contributed by atoms with Crippen LogP contribution in [0.5, 0.6) is 0 Å². The molecular weight excluding hydrogens is 224 g/mol. The molecule has 0 saturated carbocycles. The second-order valence-electron chi connectivity index (χ2n) is 3.14. The molecule has 7 heteroatoms. The SMILES string of the molecule is COC(=O)c1occc1Cn1cnc(C#N)n1. The number of nitrogens with zero attached hydrogens (tertiary/aromatic N) is 4. The molecule has 0 amide bonds. The fourth-order valence-corrected chi connectivity index (χ4v) is 1.33. The van der Waals surface area contributed by atoms with Gasteiger partial charge in [-0.05, 0) is 6.07 Å². The van der Waals surface area contributed by atoms with E-state index in [4.69, 9.17) is 9.68 Å². The minimum Gasteiger partial charge on any atom is -0.463 e. The van der Waals surface area contributed by atoms with Crippen LogP contribution in [0.1, 0.15) is 21.9 Å². The van der Waals surface area contributed by atoms with Crippen LogP contribution < -0.4 is 0 Å². The van der Waals surface area contributed by atoms with Gasteiger partial charge < -0.3 is 9.15 Å². The van der Waals surface area contributed by atoms with Crippen molar-refractivity contribution < 1.29 is 13.9 Å². The van der Waals surface area contributed by atoms with E-state index in [9.17, 15) is 4.79 Å². The molecule has 0 aliphatic carbocycles. The number of hydrogen-bond acceptors (Lipinski definition) is 6. The first-order valence-corrected chi connectivity index (χ1v) is 4.69. The van der Waals surface area contributed by atoms with Crippen molar-refractivity contribution in [3.63, 3.8) is 0 Å². The molecular formula is C10H8N4O3. The Hall–Kier alpha value is -2.62. The Morgan fingerprint density at radius 2 is 2.53 bits per heavy atom. The van der Waals surface area contributed by atoms with E-state index in [1.54, 1.807) is 6.07 Å². The highest BCUT2D eigenvalue weighted by atomic mass is 16.5. The van der Waals surface area contributed by atoms with Gasteiger partial charge in [0.25, 0.3) is 5.82 Å². The molecule has 0 bridgehead atoms. The van der Waals surface area contributed by atoms with E-state index >= 15 is 0 Å². The van der Waals surface area contributed by atoms with Crippen LogP contribution in [0, 0.1) is 11.3 Å². The highest BCUT2D eigenvalue weighted by Gasteiger charge is 2.16. The van der Waals surface area contributed by atoms with Crippen LogP contribution in [-0.4, -0.2) is 27.8 Å². The summed E-state index contributed by atoms with van der Waals surface area (Å²) in [5, 5.41) is 12.5. The molecule has 0 aromatic carbocycles. The normalized spacial score (nSPS) is 9.88. The van der Waals surface area contributed by atoms with Crippen LogP contribution in [0.25, 0.3) is 0 Å². The molecule has 0 spiro atoms. The van der Waals surface area contributed by atoms with Gasteiger partial charge in [-0.15, -0.1) is 5.10 Å². The van der Waals surface area contributed by atoms with Gasteiger partial charge in [0.1, 0.15) is 12.4 Å². The summed E-state index contributed by atoms with van der Waals surface area (Å²) in [5.41, 5.74) is 0.617. The summed E-state index contributed by atoms with van der Waals surface area (Å²) in [4.78, 5) is 15.1. The number of rotatable bonds is 3. The molecule has 0 N–H and O–H groups in total. The molecule has 0 aliphatic heterocycles. The Balaban J connectivity index is 2.22. The van der Waals surface area contributed by atoms with E-state index in [0.717, 1.165) is 0 Å². The van der Waals surface area contributed by atoms with Crippen LogP contribution in [0.4, 0.5) is 0 Å². The summed E-state index contributed by atoms with van der Waals surface area (Å²) in [7, 11) is 1.28. The van der Waals surface area contributed by atoms with Gasteiger partial charge in [-0.3, -0.25) is 0 Å². The Morgan fingerprint density at radius 1 is 1.71 bits per heavy atom. The van der Waals surface area contributed by atoms with Gasteiger partial charge in [0.05, 0.1) is 19.9 Å². The molecule has 0 fully saturated rings. The van der Waals surface area contributed by atoms with Crippen molar-refractivity contribution in [3.8, 4) is 6.07 Å². The number of aromatic nitrogens is 3. The lowest BCUT2D eigenvalue weighted by Crippen LogP contribution is -2.07. The molecule has 2 rings (SSSR count). The van der Waals surface area contributed by atoms with Crippen LogP contribution >= 0.6 is 0 Å². The first-order chi connectivity index (χ1) is 8.24. The predicted molar refractivity (Wildman–Crippen MR) is 53.9 cm³/mol. The first-order valence-electron chi connectivity index (χ1n) is 4.69. The Labute approximate surface area is 96.2 Å². The average molecular weight is 232 g/mol. The molecule has 0 radical (unpaired) electrons. The lowest BCUT2D eigenvalue weighted by molar-refractivity contribution is 0.0563. The summed E-state index contributed by atoms with van der Waals surface area (Å²) < 4.78 is 11.0. The van der Waals surface area contributed by atoms with E-state index in [1.807, 2.05) is 6.07 Å². The summed E-state index contributed by atoms with van der Waals surface area (Å²) in [5.74, 6) is -0.347. The molecule has 17 heavy (non-hydrogen) atoms. The van der Waals surface area contributed by atoms with Crippen molar-refractivity contribution in [2.24, 2.45) is 0 Å². The second kappa shape index (κ2) is 4.49. The summed E-state index contributed by atoms with van der Waals surface area (Å²) in [6, 6.07) is 3.46. The van der Waals surface area contributed by atoms with Crippen LogP contribution in [0.3, 0.4) is 0 Å². The molecule has 0 aliphatic rings. The predicted octanol–water partition coefficient (Wildman–Crippen LogP) is 0.578. The Kier molecular flexibility index (Phi) is 2.87. The second-order valence-corrected chi connectivity index (χ2v) is 3.14. The third kappa shape index (κ3) is 2.15. The maximum absolute atomic E-state index is 11.3. The molecule has 0 atom stereocenters. The number of furan rings is 1. The zero-order valence-corrected chi connectivity index (χ0v) is 8.95. The van der Waals surface area contributed by atoms with Gasteiger partial charge in [-0.2, -0.15) is 5.26 Å². The topological polar surface area (TPSA) is 93.9 Å². The van der Waals surface area contributed by atoms with Gasteiger partial charge in [-0.1, -0.05) is 0 Å². The maximum atomic E-state index is 11.3. The minimum atomic E-state index is -0.550. The number of ether oxygens (including phenoxy) is 1. The highest BCUT2D eigenvalue weighted by Crippen LogP contribution is 2.12. The zero-order chi connectivity index (χ0) is 12.3. The number of esters is 1. The number of carbonyl (C=O) groups is 1. The van der Waals surface area contributed by atoms with Crippen molar-refractivity contribution in [3.05, 3.63) is 35.8 Å². The molecule has 0 saturated heterocycles. The third-order valence-corrected chi connectivity index (χ3v) is 2.09. The monoisotopic (exact) mass is 232 g/mol. The maximum Gasteiger partial charge on any atom is 0.374 e. The van der Waals surface area contributed by atoms with Gasteiger partial charge in [0.15, 0.2) is 0 Å². The molecule has 86 valence electrons. The molecule has 2 heterocycles. The van der Waals surface area contributed by atoms with Gasteiger partial charge >= 0.3 is 5.97 Å². The highest BCUT2D eigenvalue weighted by molar-refractivity contribution is 5.87. The molecule has 2 aromatic heterocycles. The van der Waals surface area contributed by atoms with E-state index in [2.05, 4.69) is 14.8 Å². The fourth-order valence-electron chi connectivity index (χ4n) is 1.33. The Bertz CT molecular complexity index is 578. The van der Waals surface area contributed by atoms with Crippen molar-refractivity contribution in [2.45, 2.75) is 6.54 Å². The minimum absolute atomic E-state index is 0.0770. The fraction of sp³-hybridized carbons (Fsp3) is 0.200. The molecule has 2 aromatic rings. The van der Waals surface area contributed by atoms with E-state index in [1.165, 1.54) is 24.4 Å². The number of methoxy groups -OCH3 is 1. The van der Waals surface area contributed by atoms with Gasteiger partial charge in [-0.25, -0.2) is 14.5 Å². The van der Waals surface area contributed by atoms with Crippen molar-refractivity contribution in [1.82, 2.24) is 14.8 Å². The third-order valence-electron chi connectivity index (χ3n) is 2.09. The van der Waals surface area contributed by atoms with Gasteiger partial charge in [0.2, 0.25) is 5.76 Å². The standard InChI is InChI=1S/C10H8N4O3/c1-16-10(15)9-7(2-3-17-9)5-14-6-12-8(4-11)13-14/h2-3,6H,5H2,1H3. The van der Waals surface area contributed by atoms with Crippen LogP contribution in [0.15, 0.2) is 23.1 Å². The molecule has 7 nitrogen and oxygen atoms in total. The lowest BCUT2D eigenvalue weighted by atomic mass is 10.2. The van der Waals surface area contributed by atoms with Crippen LogP contribution in [0.2, 0.25) is 0 Å². The van der Waals surface area contributed by atoms with E-state index in [0.29, 0.717) is 5.56 Å². The molecule has 0 unspecified atom stereocenters. The van der Waals surface area contributed by atoms with E-state index in [-0.39, 0.29) is 18.1 Å². The van der Waals surface area contributed by atoms with Crippen molar-refractivity contribution >= 4 is 5.97 Å². The Morgan fingerprint density at radius 3 is 3.18 bits per heavy atom. The summed E-state index contributed by atoms with van der Waals surface area (Å²) in [6.07, 6.45) is 2.80. The van der Waals surface area contributed by atoms with Crippen molar-refractivity contribution in [1.29, 1.82) is 5.26 Å². The summed E-state index contributed by atoms with van der Waals surface area (Å²) in [6.45, 7) is 0.287. The van der Waals surface area contributed by atoms with E-state index < -0.39 is 5.97 Å².